The van der Waals surface area contributed by atoms with Crippen LogP contribution in [0.4, 0.5) is 17.1 Å². The average Bonchev–Trinajstić information content (AvgIpc) is 2.69. The van der Waals surface area contributed by atoms with Gasteiger partial charge in [-0.1, -0.05) is 30.3 Å². The van der Waals surface area contributed by atoms with E-state index in [1.165, 1.54) is 48.5 Å². The number of hydrogen-bond donors (Lipinski definition) is 2. The summed E-state index contributed by atoms with van der Waals surface area (Å²) in [5, 5.41) is 10.8. The maximum atomic E-state index is 12.6. The lowest BCUT2D eigenvalue weighted by molar-refractivity contribution is -0.384. The Balaban J connectivity index is 1.73. The highest BCUT2D eigenvalue weighted by Crippen LogP contribution is 2.22. The van der Waals surface area contributed by atoms with Crippen LogP contribution in [0.3, 0.4) is 0 Å². The number of nitro benzene ring substituents is 1. The van der Waals surface area contributed by atoms with Gasteiger partial charge in [0.25, 0.3) is 15.7 Å². The molecule has 9 nitrogen and oxygen atoms in total. The van der Waals surface area contributed by atoms with Crippen molar-refractivity contribution in [2.45, 2.75) is 17.6 Å². The van der Waals surface area contributed by atoms with Crippen molar-refractivity contribution in [3.63, 3.8) is 0 Å². The number of nitro groups is 1. The van der Waals surface area contributed by atoms with Crippen LogP contribution in [0.5, 0.6) is 0 Å². The minimum atomic E-state index is -3.87. The molecule has 3 aromatic rings. The molecule has 3 rings (SSSR count). The summed E-state index contributed by atoms with van der Waals surface area (Å²) in [7, 11) is -7.72. The number of nitrogens with zero attached hydrogens (tertiary/aromatic N) is 1. The predicted molar refractivity (Wildman–Crippen MR) is 118 cm³/mol. The zero-order chi connectivity index (χ0) is 22.6. The molecule has 0 bridgehead atoms. The van der Waals surface area contributed by atoms with Crippen molar-refractivity contribution < 1.29 is 21.8 Å². The summed E-state index contributed by atoms with van der Waals surface area (Å²) in [5.74, 6) is -0.469. The quantitative estimate of drug-likeness (QED) is 0.388. The largest absolute Gasteiger partial charge is 0.283 e. The van der Waals surface area contributed by atoms with Gasteiger partial charge in [0.2, 0.25) is 10.0 Å². The fourth-order valence-corrected chi connectivity index (χ4v) is 5.10. The zero-order valence-corrected chi connectivity index (χ0v) is 18.0. The van der Waals surface area contributed by atoms with Crippen LogP contribution in [-0.4, -0.2) is 21.8 Å². The number of para-hydroxylation sites is 1. The minimum Gasteiger partial charge on any atom is -0.283 e. The van der Waals surface area contributed by atoms with Gasteiger partial charge >= 0.3 is 0 Å². The number of sulfonamides is 2. The number of benzene rings is 3. The standard InChI is InChI=1S/C20H19N3O6S2/c1-15-5-2-3-8-20(15)22-31(28,29)19-11-9-17(10-12-19)21-30(26,27)14-16-6-4-7-18(13-16)23(24)25/h2-13,21-22H,14H2,1H3. The molecule has 0 radical (unpaired) electrons. The first kappa shape index (κ1) is 22.2. The first-order valence-corrected chi connectivity index (χ1v) is 12.1. The summed E-state index contributed by atoms with van der Waals surface area (Å²) in [4.78, 5) is 10.2. The van der Waals surface area contributed by atoms with E-state index >= 15 is 0 Å². The smallest absolute Gasteiger partial charge is 0.269 e. The summed E-state index contributed by atoms with van der Waals surface area (Å²) in [6.07, 6.45) is 0. The van der Waals surface area contributed by atoms with E-state index in [-0.39, 0.29) is 21.8 Å². The third-order valence-corrected chi connectivity index (χ3v) is 6.95. The Bertz CT molecular complexity index is 1320. The lowest BCUT2D eigenvalue weighted by Gasteiger charge is -2.12. The van der Waals surface area contributed by atoms with Crippen LogP contribution in [0.2, 0.25) is 0 Å². The fourth-order valence-electron chi connectivity index (χ4n) is 2.79. The second-order valence-electron chi connectivity index (χ2n) is 6.73. The van der Waals surface area contributed by atoms with Crippen LogP contribution in [0.1, 0.15) is 11.1 Å². The highest BCUT2D eigenvalue weighted by Gasteiger charge is 2.17. The molecule has 0 heterocycles. The van der Waals surface area contributed by atoms with Crippen LogP contribution < -0.4 is 9.44 Å². The topological polar surface area (TPSA) is 135 Å². The molecule has 0 unspecified atom stereocenters. The van der Waals surface area contributed by atoms with Gasteiger partial charge in [-0.3, -0.25) is 19.6 Å². The van der Waals surface area contributed by atoms with Crippen molar-refractivity contribution in [3.05, 3.63) is 94.0 Å². The Hall–Kier alpha value is -3.44. The molecule has 2 N–H and O–H groups in total. The number of hydrogen-bond acceptors (Lipinski definition) is 6. The van der Waals surface area contributed by atoms with Gasteiger partial charge < -0.3 is 0 Å². The van der Waals surface area contributed by atoms with E-state index in [1.54, 1.807) is 31.2 Å². The van der Waals surface area contributed by atoms with Gasteiger partial charge in [0.15, 0.2) is 0 Å². The molecule has 0 spiro atoms. The highest BCUT2D eigenvalue weighted by atomic mass is 32.2. The van der Waals surface area contributed by atoms with Crippen LogP contribution >= 0.6 is 0 Å². The van der Waals surface area contributed by atoms with Gasteiger partial charge in [0.05, 0.1) is 21.3 Å². The second kappa shape index (κ2) is 8.74. The predicted octanol–water partition coefficient (Wildman–Crippen LogP) is 3.65. The van der Waals surface area contributed by atoms with Crippen LogP contribution in [-0.2, 0) is 25.8 Å². The molecule has 0 amide bonds. The molecule has 0 atom stereocenters. The Labute approximate surface area is 180 Å². The number of aryl methyl sites for hydroxylation is 1. The fraction of sp³-hybridized carbons (Fsp3) is 0.100. The molecule has 0 saturated heterocycles. The van der Waals surface area contributed by atoms with E-state index in [2.05, 4.69) is 9.44 Å². The summed E-state index contributed by atoms with van der Waals surface area (Å²) in [5.41, 5.74) is 1.42. The summed E-state index contributed by atoms with van der Waals surface area (Å²) in [6, 6.07) is 17.5. The molecule has 162 valence electrons. The van der Waals surface area contributed by atoms with Crippen LogP contribution in [0, 0.1) is 17.0 Å². The van der Waals surface area contributed by atoms with Gasteiger partial charge in [0, 0.05) is 17.8 Å². The molecule has 0 saturated carbocycles. The van der Waals surface area contributed by atoms with E-state index in [0.29, 0.717) is 5.69 Å². The molecular formula is C20H19N3O6S2. The summed E-state index contributed by atoms with van der Waals surface area (Å²) in [6.45, 7) is 1.77. The number of anilines is 2. The van der Waals surface area contributed by atoms with E-state index in [0.717, 1.165) is 5.56 Å². The Morgan fingerprint density at radius 2 is 1.55 bits per heavy atom. The SMILES string of the molecule is Cc1ccccc1NS(=O)(=O)c1ccc(NS(=O)(=O)Cc2cccc([N+](=O)[O-])c2)cc1. The molecule has 0 fully saturated rings. The van der Waals surface area contributed by atoms with Crippen molar-refractivity contribution in [2.24, 2.45) is 0 Å². The normalized spacial score (nSPS) is 11.6. The maximum absolute atomic E-state index is 12.6. The Morgan fingerprint density at radius 1 is 0.871 bits per heavy atom. The Morgan fingerprint density at radius 3 is 2.19 bits per heavy atom. The molecule has 11 heteroatoms. The first-order valence-electron chi connectivity index (χ1n) is 8.98. The van der Waals surface area contributed by atoms with Crippen LogP contribution in [0.25, 0.3) is 0 Å². The maximum Gasteiger partial charge on any atom is 0.269 e. The lowest BCUT2D eigenvalue weighted by Crippen LogP contribution is -2.16. The van der Waals surface area contributed by atoms with E-state index < -0.39 is 30.7 Å². The summed E-state index contributed by atoms with van der Waals surface area (Å²) >= 11 is 0. The van der Waals surface area contributed by atoms with Gasteiger partial charge in [-0.15, -0.1) is 0 Å². The lowest BCUT2D eigenvalue weighted by atomic mass is 10.2. The first-order chi connectivity index (χ1) is 14.6. The molecule has 0 aliphatic heterocycles. The van der Waals surface area contributed by atoms with Crippen molar-refractivity contribution >= 4 is 37.1 Å². The molecule has 0 aliphatic rings. The van der Waals surface area contributed by atoms with E-state index in [1.807, 2.05) is 0 Å². The zero-order valence-electron chi connectivity index (χ0n) is 16.3. The van der Waals surface area contributed by atoms with Crippen molar-refractivity contribution in [2.75, 3.05) is 9.44 Å². The van der Waals surface area contributed by atoms with Gasteiger partial charge in [-0.25, -0.2) is 16.8 Å². The monoisotopic (exact) mass is 461 g/mol. The Kier molecular flexibility index (Phi) is 6.27. The average molecular weight is 462 g/mol. The third kappa shape index (κ3) is 5.80. The molecule has 0 aliphatic carbocycles. The highest BCUT2D eigenvalue weighted by molar-refractivity contribution is 7.92. The molecule has 0 aromatic heterocycles. The van der Waals surface area contributed by atoms with Gasteiger partial charge in [0.1, 0.15) is 0 Å². The minimum absolute atomic E-state index is 0.0302. The number of rotatable bonds is 8. The van der Waals surface area contributed by atoms with Gasteiger partial charge in [-0.2, -0.15) is 0 Å². The van der Waals surface area contributed by atoms with E-state index in [4.69, 9.17) is 0 Å². The molecule has 31 heavy (non-hydrogen) atoms. The van der Waals surface area contributed by atoms with Crippen molar-refractivity contribution in [1.82, 2.24) is 0 Å². The van der Waals surface area contributed by atoms with Crippen LogP contribution in [0.15, 0.2) is 77.7 Å². The summed E-state index contributed by atoms with van der Waals surface area (Å²) < 4.78 is 54.8. The second-order valence-corrected chi connectivity index (χ2v) is 10.1. The number of non-ortho nitro benzene ring substituents is 1. The van der Waals surface area contributed by atoms with Gasteiger partial charge in [-0.05, 0) is 48.4 Å². The van der Waals surface area contributed by atoms with Crippen molar-refractivity contribution in [3.8, 4) is 0 Å². The molecular weight excluding hydrogens is 442 g/mol. The number of nitrogens with one attached hydrogen (secondary N) is 2. The van der Waals surface area contributed by atoms with E-state index in [9.17, 15) is 26.9 Å². The third-order valence-electron chi connectivity index (χ3n) is 4.31. The molecule has 3 aromatic carbocycles. The van der Waals surface area contributed by atoms with Crippen molar-refractivity contribution in [1.29, 1.82) is 0 Å².